The Balaban J connectivity index is 1.26. The number of Topliss-reactive ketones (excluding diaryl/α,β-unsaturated/α-hetero) is 1. The largest absolute Gasteiger partial charge is 0.477 e. The minimum Gasteiger partial charge on any atom is -0.477 e. The summed E-state index contributed by atoms with van der Waals surface area (Å²) in [7, 11) is 0. The lowest BCUT2D eigenvalue weighted by Crippen LogP contribution is -2.43. The maximum absolute atomic E-state index is 13.8. The lowest BCUT2D eigenvalue weighted by molar-refractivity contribution is -0.135. The minimum atomic E-state index is -0.312. The first-order valence-electron chi connectivity index (χ1n) is 13.2. The second kappa shape index (κ2) is 11.5. The number of rotatable bonds is 7. The molecule has 204 valence electrons. The zero-order valence-corrected chi connectivity index (χ0v) is 23.7. The molecule has 0 radical (unpaired) electrons. The molecule has 0 aliphatic carbocycles. The van der Waals surface area contributed by atoms with Gasteiger partial charge in [0.25, 0.3) is 0 Å². The molecule has 0 unspecified atom stereocenters. The zero-order chi connectivity index (χ0) is 27.6. The monoisotopic (exact) mass is 566 g/mol. The van der Waals surface area contributed by atoms with E-state index in [1.54, 1.807) is 24.5 Å². The number of anilines is 1. The Morgan fingerprint density at radius 3 is 2.31 bits per heavy atom. The van der Waals surface area contributed by atoms with Crippen molar-refractivity contribution in [2.45, 2.75) is 32.6 Å². The molecule has 4 heterocycles. The summed E-state index contributed by atoms with van der Waals surface area (Å²) < 4.78 is 6.11. The van der Waals surface area contributed by atoms with E-state index in [2.05, 4.69) is 21.8 Å². The Kier molecular flexibility index (Phi) is 8.10. The van der Waals surface area contributed by atoms with Crippen LogP contribution in [0.5, 0.6) is 5.88 Å². The van der Waals surface area contributed by atoms with Crippen molar-refractivity contribution in [2.75, 3.05) is 37.7 Å². The molecule has 2 aromatic heterocycles. The van der Waals surface area contributed by atoms with Gasteiger partial charge in [-0.2, -0.15) is 0 Å². The first kappa shape index (κ1) is 27.4. The molecule has 9 heteroatoms. The molecule has 2 fully saturated rings. The van der Waals surface area contributed by atoms with Crippen molar-refractivity contribution in [1.29, 1.82) is 0 Å². The van der Waals surface area contributed by atoms with Crippen LogP contribution in [0, 0.1) is 11.3 Å². The predicted octanol–water partition coefficient (Wildman–Crippen LogP) is 5.91. The van der Waals surface area contributed by atoms with E-state index in [9.17, 15) is 9.59 Å². The highest BCUT2D eigenvalue weighted by molar-refractivity contribution is 6.30. The molecule has 39 heavy (non-hydrogen) atoms. The van der Waals surface area contributed by atoms with Gasteiger partial charge in [-0.05, 0) is 55.7 Å². The fraction of sp³-hybridized carbons (Fsp3) is 0.400. The average molecular weight is 568 g/mol. The number of hydrogen-bond donors (Lipinski definition) is 0. The summed E-state index contributed by atoms with van der Waals surface area (Å²) >= 11 is 12.1. The van der Waals surface area contributed by atoms with Crippen LogP contribution in [-0.4, -0.2) is 59.3 Å². The molecular weight excluding hydrogens is 535 g/mol. The number of carbonyl (C=O) groups excluding carboxylic acids is 2. The smallest absolute Gasteiger partial charge is 0.225 e. The molecule has 0 spiro atoms. The summed E-state index contributed by atoms with van der Waals surface area (Å²) in [6.07, 6.45) is 4.72. The van der Waals surface area contributed by atoms with E-state index >= 15 is 0 Å². The third-order valence-electron chi connectivity index (χ3n) is 7.95. The number of aromatic nitrogens is 2. The number of halogens is 2. The van der Waals surface area contributed by atoms with Crippen LogP contribution < -0.4 is 9.64 Å². The van der Waals surface area contributed by atoms with Crippen molar-refractivity contribution in [2.24, 2.45) is 11.3 Å². The third-order valence-corrected chi connectivity index (χ3v) is 8.43. The third kappa shape index (κ3) is 6.20. The maximum Gasteiger partial charge on any atom is 0.225 e. The summed E-state index contributed by atoms with van der Waals surface area (Å²) in [4.78, 5) is 38.3. The van der Waals surface area contributed by atoms with E-state index in [4.69, 9.17) is 27.9 Å². The van der Waals surface area contributed by atoms with Crippen LogP contribution in [0.3, 0.4) is 0 Å². The zero-order valence-electron chi connectivity index (χ0n) is 22.1. The van der Waals surface area contributed by atoms with E-state index in [0.717, 1.165) is 37.3 Å². The second-order valence-corrected chi connectivity index (χ2v) is 11.7. The quantitative estimate of drug-likeness (QED) is 0.331. The molecule has 0 saturated carbocycles. The molecular formula is C30H32Cl2N4O3. The number of piperidine rings is 1. The first-order chi connectivity index (χ1) is 18.7. The molecule has 0 N–H and O–H groups in total. The van der Waals surface area contributed by atoms with E-state index < -0.39 is 0 Å². The predicted molar refractivity (Wildman–Crippen MR) is 153 cm³/mol. The van der Waals surface area contributed by atoms with E-state index in [1.807, 2.05) is 41.3 Å². The summed E-state index contributed by atoms with van der Waals surface area (Å²) in [6, 6.07) is 15.1. The number of ether oxygens (including phenoxy) is 1. The summed E-state index contributed by atoms with van der Waals surface area (Å²) in [5.41, 5.74) is 1.43. The summed E-state index contributed by atoms with van der Waals surface area (Å²) in [5, 5.41) is 1.24. The SMILES string of the molecule is CC(=O)c1ccc(N2CCC(C(=O)N3C[C@H](c4ccc(Cl)cc4)[C@@](C)(COc4ccc(Cl)cn4)C3)CC2)nc1. The Bertz CT molecular complexity index is 1310. The van der Waals surface area contributed by atoms with Gasteiger partial charge in [-0.1, -0.05) is 42.3 Å². The highest BCUT2D eigenvalue weighted by atomic mass is 35.5. The Morgan fingerprint density at radius 1 is 0.974 bits per heavy atom. The molecule has 1 aromatic carbocycles. The maximum atomic E-state index is 13.8. The van der Waals surface area contributed by atoms with Crippen LogP contribution in [0.25, 0.3) is 0 Å². The fourth-order valence-corrected chi connectivity index (χ4v) is 5.89. The van der Waals surface area contributed by atoms with Gasteiger partial charge in [-0.25, -0.2) is 9.97 Å². The number of amides is 1. The van der Waals surface area contributed by atoms with Crippen LogP contribution in [-0.2, 0) is 4.79 Å². The number of likely N-dealkylation sites (tertiary alicyclic amines) is 1. The normalized spacial score (nSPS) is 21.7. The van der Waals surface area contributed by atoms with Crippen molar-refractivity contribution in [3.05, 3.63) is 82.1 Å². The molecule has 7 nitrogen and oxygen atoms in total. The van der Waals surface area contributed by atoms with E-state index in [1.165, 1.54) is 6.92 Å². The van der Waals surface area contributed by atoms with E-state index in [0.29, 0.717) is 41.2 Å². The fourth-order valence-electron chi connectivity index (χ4n) is 5.65. The van der Waals surface area contributed by atoms with Crippen molar-refractivity contribution >= 4 is 40.7 Å². The second-order valence-electron chi connectivity index (χ2n) is 10.8. The number of benzene rings is 1. The van der Waals surface area contributed by atoms with Crippen molar-refractivity contribution in [3.63, 3.8) is 0 Å². The molecule has 1 amide bonds. The van der Waals surface area contributed by atoms with Gasteiger partial charge < -0.3 is 14.5 Å². The number of pyridine rings is 2. The lowest BCUT2D eigenvalue weighted by atomic mass is 9.77. The van der Waals surface area contributed by atoms with Crippen LogP contribution in [0.1, 0.15) is 48.5 Å². The Hall–Kier alpha value is -3.16. The van der Waals surface area contributed by atoms with Crippen LogP contribution in [0.15, 0.2) is 60.9 Å². The standard InChI is InChI=1S/C30H32Cl2N4O3/c1-20(37)23-5-9-27(33-15-23)35-13-11-22(12-14-35)29(38)36-17-26(21-3-6-24(31)7-4-21)30(2,18-36)19-39-28-10-8-25(32)16-34-28/h3-10,15-16,22,26H,11-14,17-19H2,1-2H3/t26-,30-/m1/s1. The molecule has 3 aromatic rings. The summed E-state index contributed by atoms with van der Waals surface area (Å²) in [6.45, 7) is 6.85. The minimum absolute atomic E-state index is 0.00250. The van der Waals surface area contributed by atoms with Gasteiger partial charge in [0.15, 0.2) is 5.78 Å². The Labute approximate surface area is 239 Å². The van der Waals surface area contributed by atoms with E-state index in [-0.39, 0.29) is 28.9 Å². The lowest BCUT2D eigenvalue weighted by Gasteiger charge is -2.34. The van der Waals surface area contributed by atoms with Crippen molar-refractivity contribution < 1.29 is 14.3 Å². The van der Waals surface area contributed by atoms with Crippen molar-refractivity contribution in [3.8, 4) is 5.88 Å². The molecule has 0 bridgehead atoms. The van der Waals surface area contributed by atoms with Gasteiger partial charge in [-0.3, -0.25) is 9.59 Å². The number of ketones is 1. The Morgan fingerprint density at radius 2 is 1.69 bits per heavy atom. The molecule has 2 aliphatic rings. The van der Waals surface area contributed by atoms with Gasteiger partial charge in [0.1, 0.15) is 5.82 Å². The van der Waals surface area contributed by atoms with Crippen LogP contribution in [0.4, 0.5) is 5.82 Å². The molecule has 5 rings (SSSR count). The highest BCUT2D eigenvalue weighted by Gasteiger charge is 2.47. The number of carbonyl (C=O) groups is 2. The molecule has 2 saturated heterocycles. The number of nitrogens with zero attached hydrogens (tertiary/aromatic N) is 4. The van der Waals surface area contributed by atoms with Crippen LogP contribution >= 0.6 is 23.2 Å². The molecule has 2 atom stereocenters. The van der Waals surface area contributed by atoms with Gasteiger partial charge in [0.05, 0.1) is 11.6 Å². The number of hydrogen-bond acceptors (Lipinski definition) is 6. The average Bonchev–Trinajstić information content (AvgIpc) is 3.30. The molecule has 2 aliphatic heterocycles. The van der Waals surface area contributed by atoms with Gasteiger partial charge in [0.2, 0.25) is 11.8 Å². The van der Waals surface area contributed by atoms with Crippen LogP contribution in [0.2, 0.25) is 10.0 Å². The van der Waals surface area contributed by atoms with Gasteiger partial charge >= 0.3 is 0 Å². The topological polar surface area (TPSA) is 75.6 Å². The van der Waals surface area contributed by atoms with Crippen molar-refractivity contribution in [1.82, 2.24) is 14.9 Å². The van der Waals surface area contributed by atoms with Gasteiger partial charge in [0, 0.05) is 72.5 Å². The summed E-state index contributed by atoms with van der Waals surface area (Å²) in [5.74, 6) is 1.61. The first-order valence-corrected chi connectivity index (χ1v) is 14.0. The van der Waals surface area contributed by atoms with Gasteiger partial charge in [-0.15, -0.1) is 0 Å². The highest BCUT2D eigenvalue weighted by Crippen LogP contribution is 2.44.